The monoisotopic (exact) mass is 487 g/mol. The third-order valence-electron chi connectivity index (χ3n) is 6.57. The van der Waals surface area contributed by atoms with Crippen molar-refractivity contribution in [3.05, 3.63) is 60.2 Å². The molecule has 186 valence electrons. The summed E-state index contributed by atoms with van der Waals surface area (Å²) in [6, 6.07) is 16.0. The topological polar surface area (TPSA) is 131 Å². The van der Waals surface area contributed by atoms with Gasteiger partial charge in [0.25, 0.3) is 0 Å². The molecule has 0 aromatic heterocycles. The van der Waals surface area contributed by atoms with Crippen LogP contribution < -0.4 is 16.0 Å². The van der Waals surface area contributed by atoms with E-state index in [1.807, 2.05) is 39.0 Å². The van der Waals surface area contributed by atoms with Crippen LogP contribution in [0.5, 0.6) is 0 Å². The average Bonchev–Trinajstić information content (AvgIpc) is 3.36. The van der Waals surface area contributed by atoms with E-state index in [0.717, 1.165) is 5.56 Å². The third kappa shape index (κ3) is 4.80. The Balaban J connectivity index is 1.57. The average molecular weight is 488 g/mol. The molecule has 2 aliphatic rings. The minimum Gasteiger partial charge on any atom is -0.336 e. The highest BCUT2D eigenvalue weighted by molar-refractivity contribution is 6.40. The molecular weight excluding hydrogens is 458 g/mol. The van der Waals surface area contributed by atoms with Crippen molar-refractivity contribution in [2.45, 2.75) is 51.1 Å². The van der Waals surface area contributed by atoms with E-state index in [1.165, 1.54) is 4.90 Å². The van der Waals surface area contributed by atoms with E-state index >= 15 is 0 Å². The summed E-state index contributed by atoms with van der Waals surface area (Å²) < 4.78 is 0. The van der Waals surface area contributed by atoms with E-state index < -0.39 is 35.2 Å². The second-order valence-corrected chi connectivity index (χ2v) is 10.5. The number of nitriles is 1. The molecule has 2 heterocycles. The molecule has 1 fully saturated rings. The van der Waals surface area contributed by atoms with Crippen molar-refractivity contribution in [2.24, 2.45) is 5.41 Å². The molecular formula is C27H29N5O4. The molecule has 2 aromatic rings. The first kappa shape index (κ1) is 24.9. The van der Waals surface area contributed by atoms with Gasteiger partial charge in [-0.2, -0.15) is 5.26 Å². The molecule has 2 aromatic carbocycles. The van der Waals surface area contributed by atoms with E-state index in [2.05, 4.69) is 22.0 Å². The number of nitrogens with zero attached hydrogens (tertiary/aromatic N) is 2. The summed E-state index contributed by atoms with van der Waals surface area (Å²) in [5.41, 5.74) is 0.469. The van der Waals surface area contributed by atoms with Crippen molar-refractivity contribution in [3.8, 4) is 6.07 Å². The van der Waals surface area contributed by atoms with Crippen molar-refractivity contribution in [1.29, 1.82) is 5.26 Å². The number of fused-ring (bicyclic) bond motifs is 2. The van der Waals surface area contributed by atoms with Crippen LogP contribution in [0.2, 0.25) is 0 Å². The molecule has 0 aliphatic carbocycles. The number of benzene rings is 2. The van der Waals surface area contributed by atoms with Gasteiger partial charge in [-0.1, -0.05) is 57.2 Å². The lowest BCUT2D eigenvalue weighted by molar-refractivity contribution is -0.141. The molecule has 0 bridgehead atoms. The first-order valence-corrected chi connectivity index (χ1v) is 11.8. The number of rotatable bonds is 4. The zero-order chi connectivity index (χ0) is 26.1. The smallest absolute Gasteiger partial charge is 0.313 e. The zero-order valence-corrected chi connectivity index (χ0v) is 20.5. The lowest BCUT2D eigenvalue weighted by Gasteiger charge is -2.31. The van der Waals surface area contributed by atoms with Crippen LogP contribution in [0, 0.1) is 16.7 Å². The summed E-state index contributed by atoms with van der Waals surface area (Å²) in [7, 11) is 0. The summed E-state index contributed by atoms with van der Waals surface area (Å²) in [4.78, 5) is 53.4. The number of para-hydroxylation sites is 2. The predicted molar refractivity (Wildman–Crippen MR) is 134 cm³/mol. The van der Waals surface area contributed by atoms with Gasteiger partial charge < -0.3 is 20.9 Å². The molecule has 36 heavy (non-hydrogen) atoms. The summed E-state index contributed by atoms with van der Waals surface area (Å²) in [5, 5.41) is 17.8. The fourth-order valence-corrected chi connectivity index (χ4v) is 4.93. The Morgan fingerprint density at radius 1 is 1.11 bits per heavy atom. The van der Waals surface area contributed by atoms with Crippen LogP contribution >= 0.6 is 0 Å². The van der Waals surface area contributed by atoms with Crippen LogP contribution in [-0.2, 0) is 24.6 Å². The fourth-order valence-electron chi connectivity index (χ4n) is 4.93. The Bertz CT molecular complexity index is 1250. The predicted octanol–water partition coefficient (Wildman–Crippen LogP) is 2.56. The van der Waals surface area contributed by atoms with Crippen molar-refractivity contribution >= 4 is 35.0 Å². The maximum Gasteiger partial charge on any atom is 0.313 e. The van der Waals surface area contributed by atoms with E-state index in [-0.39, 0.29) is 30.7 Å². The van der Waals surface area contributed by atoms with Crippen molar-refractivity contribution < 1.29 is 19.2 Å². The maximum atomic E-state index is 13.8. The highest BCUT2D eigenvalue weighted by atomic mass is 16.2. The van der Waals surface area contributed by atoms with Gasteiger partial charge >= 0.3 is 11.8 Å². The van der Waals surface area contributed by atoms with Crippen LogP contribution in [0.25, 0.3) is 0 Å². The van der Waals surface area contributed by atoms with Gasteiger partial charge in [0.15, 0.2) is 0 Å². The maximum absolute atomic E-state index is 13.8. The summed E-state index contributed by atoms with van der Waals surface area (Å²) in [5.74, 6) is -2.59. The van der Waals surface area contributed by atoms with Crippen LogP contribution in [0.4, 0.5) is 11.4 Å². The number of nitrogens with one attached hydrogen (secondary N) is 3. The number of anilines is 2. The normalized spacial score (nSPS) is 21.3. The Morgan fingerprint density at radius 3 is 2.44 bits per heavy atom. The van der Waals surface area contributed by atoms with Gasteiger partial charge in [0, 0.05) is 24.3 Å². The Morgan fingerprint density at radius 2 is 1.78 bits per heavy atom. The molecule has 2 aliphatic heterocycles. The molecule has 9 nitrogen and oxygen atoms in total. The highest BCUT2D eigenvalue weighted by Gasteiger charge is 2.56. The Labute approximate surface area is 209 Å². The number of carbonyl (C=O) groups is 4. The SMILES string of the molecule is CC(C)(C)C[C@H](NC(=O)C(=O)Nc1ccccc1)C(=O)N1C[C@]2(CC1C#N)C(=O)Nc1ccccc12. The molecule has 9 heteroatoms. The van der Waals surface area contributed by atoms with Crippen molar-refractivity contribution in [1.82, 2.24) is 10.2 Å². The molecule has 3 N–H and O–H groups in total. The van der Waals surface area contributed by atoms with Crippen LogP contribution in [-0.4, -0.2) is 47.2 Å². The van der Waals surface area contributed by atoms with Crippen LogP contribution in [0.15, 0.2) is 54.6 Å². The molecule has 4 rings (SSSR count). The van der Waals surface area contributed by atoms with Gasteiger partial charge in [-0.15, -0.1) is 0 Å². The van der Waals surface area contributed by atoms with Gasteiger partial charge in [-0.05, 0) is 35.6 Å². The summed E-state index contributed by atoms with van der Waals surface area (Å²) in [6.45, 7) is 5.76. The molecule has 1 unspecified atom stereocenters. The molecule has 0 radical (unpaired) electrons. The standard InChI is InChI=1S/C27H29N5O4/c1-26(2,3)14-21(30-23(34)22(33)29-17-9-5-4-6-10-17)24(35)32-16-27(13-18(32)15-28)19-11-7-8-12-20(19)31-25(27)36/h4-12,18,21H,13-14,16H2,1-3H3,(H,29,33)(H,30,34)(H,31,36)/t18?,21-,27-/m0/s1. The van der Waals surface area contributed by atoms with Gasteiger partial charge in [0.1, 0.15) is 12.1 Å². The fraction of sp³-hybridized carbons (Fsp3) is 0.370. The van der Waals surface area contributed by atoms with Crippen molar-refractivity contribution in [2.75, 3.05) is 17.2 Å². The lowest BCUT2D eigenvalue weighted by atomic mass is 9.80. The molecule has 1 saturated heterocycles. The summed E-state index contributed by atoms with van der Waals surface area (Å²) in [6.07, 6.45) is 0.392. The van der Waals surface area contributed by atoms with Gasteiger partial charge in [-0.25, -0.2) is 0 Å². The Hall–Kier alpha value is -4.19. The van der Waals surface area contributed by atoms with Crippen molar-refractivity contribution in [3.63, 3.8) is 0 Å². The second-order valence-electron chi connectivity index (χ2n) is 10.5. The zero-order valence-electron chi connectivity index (χ0n) is 20.5. The van der Waals surface area contributed by atoms with Gasteiger partial charge in [-0.3, -0.25) is 19.2 Å². The van der Waals surface area contributed by atoms with Gasteiger partial charge in [0.05, 0.1) is 11.5 Å². The number of hydrogen-bond acceptors (Lipinski definition) is 5. The first-order valence-electron chi connectivity index (χ1n) is 11.8. The molecule has 1 spiro atoms. The van der Waals surface area contributed by atoms with E-state index in [1.54, 1.807) is 36.4 Å². The minimum absolute atomic E-state index is 0.0135. The van der Waals surface area contributed by atoms with E-state index in [0.29, 0.717) is 11.4 Å². The van der Waals surface area contributed by atoms with E-state index in [4.69, 9.17) is 0 Å². The number of likely N-dealkylation sites (tertiary alicyclic amines) is 1. The third-order valence-corrected chi connectivity index (χ3v) is 6.57. The molecule has 3 atom stereocenters. The minimum atomic E-state index is -1.05. The van der Waals surface area contributed by atoms with Crippen LogP contribution in [0.3, 0.4) is 0 Å². The van der Waals surface area contributed by atoms with Gasteiger partial charge in [0.2, 0.25) is 11.8 Å². The summed E-state index contributed by atoms with van der Waals surface area (Å²) >= 11 is 0. The first-order chi connectivity index (χ1) is 17.0. The largest absolute Gasteiger partial charge is 0.336 e. The number of hydrogen-bond donors (Lipinski definition) is 3. The number of carbonyl (C=O) groups excluding carboxylic acids is 4. The quantitative estimate of drug-likeness (QED) is 0.571. The number of amides is 4. The lowest BCUT2D eigenvalue weighted by Crippen LogP contribution is -2.53. The highest BCUT2D eigenvalue weighted by Crippen LogP contribution is 2.46. The van der Waals surface area contributed by atoms with Crippen LogP contribution in [0.1, 0.15) is 39.2 Å². The van der Waals surface area contributed by atoms with E-state index in [9.17, 15) is 24.4 Å². The molecule has 0 saturated carbocycles. The molecule has 4 amide bonds. The second kappa shape index (κ2) is 9.46. The Kier molecular flexibility index (Phi) is 6.55.